The van der Waals surface area contributed by atoms with Gasteiger partial charge in [0.25, 0.3) is 5.91 Å². The summed E-state index contributed by atoms with van der Waals surface area (Å²) in [7, 11) is 0. The molecule has 0 saturated heterocycles. The first kappa shape index (κ1) is 22.5. The van der Waals surface area contributed by atoms with Crippen LogP contribution in [0.2, 0.25) is 0 Å². The van der Waals surface area contributed by atoms with Gasteiger partial charge < -0.3 is 10.1 Å². The van der Waals surface area contributed by atoms with Crippen molar-refractivity contribution in [2.45, 2.75) is 46.5 Å². The molecule has 2 rings (SSSR count). The van der Waals surface area contributed by atoms with Crippen LogP contribution in [0.1, 0.15) is 44.7 Å². The Morgan fingerprint density at radius 1 is 1.24 bits per heavy atom. The third kappa shape index (κ3) is 5.85. The Balaban J connectivity index is 1.93. The minimum atomic E-state index is -0.724. The molecule has 8 heteroatoms. The van der Waals surface area contributed by atoms with E-state index >= 15 is 0 Å². The van der Waals surface area contributed by atoms with E-state index in [-0.39, 0.29) is 31.1 Å². The van der Waals surface area contributed by atoms with Gasteiger partial charge in [-0.25, -0.2) is 0 Å². The van der Waals surface area contributed by atoms with Gasteiger partial charge >= 0.3 is 5.97 Å². The minimum absolute atomic E-state index is 0.146. The van der Waals surface area contributed by atoms with E-state index in [1.165, 1.54) is 0 Å². The van der Waals surface area contributed by atoms with E-state index in [2.05, 4.69) is 5.32 Å². The number of nitrogens with zero attached hydrogens (tertiary/aromatic N) is 1. The van der Waals surface area contributed by atoms with Crippen LogP contribution >= 0.6 is 0 Å². The normalized spacial score (nSPS) is 21.1. The highest BCUT2D eigenvalue weighted by Gasteiger charge is 2.44. The Morgan fingerprint density at radius 2 is 1.86 bits per heavy atom. The fraction of sp³-hybridized carbons (Fsp3) is 0.571. The van der Waals surface area contributed by atoms with E-state index < -0.39 is 35.2 Å². The molecule has 1 aromatic rings. The SMILES string of the molecule is CCc1cccc(CC)c1NC(=O)COC(=O)C[C@H]1C(=O)C[C@@H](C)[C@@H]1C[N+](=O)[O-]. The molecule has 0 spiro atoms. The van der Waals surface area contributed by atoms with Gasteiger partial charge in [-0.2, -0.15) is 0 Å². The van der Waals surface area contributed by atoms with Gasteiger partial charge in [-0.3, -0.25) is 24.5 Å². The monoisotopic (exact) mass is 404 g/mol. The number of nitro groups is 1. The highest BCUT2D eigenvalue weighted by Crippen LogP contribution is 2.36. The van der Waals surface area contributed by atoms with Gasteiger partial charge in [0.1, 0.15) is 5.78 Å². The Kier molecular flexibility index (Phi) is 7.87. The molecule has 1 aliphatic rings. The van der Waals surface area contributed by atoms with Crippen LogP contribution in [0, 0.1) is 27.9 Å². The molecule has 0 radical (unpaired) electrons. The van der Waals surface area contributed by atoms with E-state index in [1.54, 1.807) is 6.92 Å². The molecule has 0 aliphatic heterocycles. The lowest BCUT2D eigenvalue weighted by Crippen LogP contribution is -2.28. The summed E-state index contributed by atoms with van der Waals surface area (Å²) in [5.74, 6) is -2.66. The fourth-order valence-electron chi connectivity index (χ4n) is 3.96. The van der Waals surface area contributed by atoms with Crippen molar-refractivity contribution in [3.63, 3.8) is 0 Å². The zero-order valence-electron chi connectivity index (χ0n) is 17.1. The van der Waals surface area contributed by atoms with Crippen LogP contribution in [0.5, 0.6) is 0 Å². The van der Waals surface area contributed by atoms with E-state index in [1.807, 2.05) is 32.0 Å². The molecular formula is C21H28N2O6. The van der Waals surface area contributed by atoms with Crippen LogP contribution in [0.3, 0.4) is 0 Å². The summed E-state index contributed by atoms with van der Waals surface area (Å²) in [4.78, 5) is 47.0. The van der Waals surface area contributed by atoms with Gasteiger partial charge in [0.05, 0.1) is 6.42 Å². The van der Waals surface area contributed by atoms with E-state index in [4.69, 9.17) is 4.74 Å². The standard InChI is InChI=1S/C21H28N2O6/c1-4-14-7-6-8-15(5-2)21(14)22-19(25)12-29-20(26)10-16-17(11-23(27)28)13(3)9-18(16)24/h6-8,13,16-17H,4-5,9-12H2,1-3H3,(H,22,25)/t13-,16-,17+/m1/s1. The molecule has 3 atom stereocenters. The quantitative estimate of drug-likeness (QED) is 0.384. The topological polar surface area (TPSA) is 116 Å². The summed E-state index contributed by atoms with van der Waals surface area (Å²) in [6.07, 6.45) is 1.50. The summed E-state index contributed by atoms with van der Waals surface area (Å²) in [5, 5.41) is 13.7. The molecule has 0 unspecified atom stereocenters. The Morgan fingerprint density at radius 3 is 2.41 bits per heavy atom. The molecule has 0 aromatic heterocycles. The van der Waals surface area contributed by atoms with Gasteiger partial charge in [-0.05, 0) is 29.9 Å². The molecule has 1 aromatic carbocycles. The van der Waals surface area contributed by atoms with Crippen LogP contribution in [-0.4, -0.2) is 35.7 Å². The molecule has 0 heterocycles. The van der Waals surface area contributed by atoms with Gasteiger partial charge in [0.2, 0.25) is 6.54 Å². The van der Waals surface area contributed by atoms with Gasteiger partial charge in [0.15, 0.2) is 6.61 Å². The van der Waals surface area contributed by atoms with Crippen LogP contribution in [-0.2, 0) is 32.0 Å². The lowest BCUT2D eigenvalue weighted by atomic mass is 9.88. The molecular weight excluding hydrogens is 376 g/mol. The minimum Gasteiger partial charge on any atom is -0.456 e. The molecule has 158 valence electrons. The second-order valence-corrected chi connectivity index (χ2v) is 7.50. The van der Waals surface area contributed by atoms with Crippen molar-refractivity contribution in [3.8, 4) is 0 Å². The number of ketones is 1. The third-order valence-corrected chi connectivity index (χ3v) is 5.56. The number of benzene rings is 1. The zero-order chi connectivity index (χ0) is 21.6. The lowest BCUT2D eigenvalue weighted by Gasteiger charge is -2.17. The number of carbonyl (C=O) groups is 3. The van der Waals surface area contributed by atoms with Crippen molar-refractivity contribution in [1.29, 1.82) is 0 Å². The first-order chi connectivity index (χ1) is 13.8. The van der Waals surface area contributed by atoms with Crippen LogP contribution in [0.4, 0.5) is 5.69 Å². The Labute approximate surface area is 170 Å². The summed E-state index contributed by atoms with van der Waals surface area (Å²) < 4.78 is 5.05. The number of carbonyl (C=O) groups excluding carboxylic acids is 3. The highest BCUT2D eigenvalue weighted by molar-refractivity contribution is 5.94. The second kappa shape index (κ2) is 10.1. The highest BCUT2D eigenvalue weighted by atomic mass is 16.6. The molecule has 1 amide bonds. The first-order valence-corrected chi connectivity index (χ1v) is 9.97. The van der Waals surface area contributed by atoms with Crippen molar-refractivity contribution >= 4 is 23.3 Å². The number of hydrogen-bond acceptors (Lipinski definition) is 6. The predicted octanol–water partition coefficient (Wildman–Crippen LogP) is 2.80. The average Bonchev–Trinajstić information content (AvgIpc) is 2.93. The Hall–Kier alpha value is -2.77. The predicted molar refractivity (Wildman–Crippen MR) is 107 cm³/mol. The number of para-hydroxylation sites is 1. The number of anilines is 1. The molecule has 1 saturated carbocycles. The van der Waals surface area contributed by atoms with Crippen molar-refractivity contribution < 1.29 is 24.0 Å². The van der Waals surface area contributed by atoms with Crippen LogP contribution in [0.15, 0.2) is 18.2 Å². The van der Waals surface area contributed by atoms with Crippen molar-refractivity contribution in [2.24, 2.45) is 17.8 Å². The van der Waals surface area contributed by atoms with Crippen LogP contribution < -0.4 is 5.32 Å². The summed E-state index contributed by atoms with van der Waals surface area (Å²) in [6, 6.07) is 5.81. The second-order valence-electron chi connectivity index (χ2n) is 7.50. The Bertz CT molecular complexity index is 769. The number of rotatable bonds is 9. The number of nitrogens with one attached hydrogen (secondary N) is 1. The maximum absolute atomic E-state index is 12.3. The van der Waals surface area contributed by atoms with E-state index in [0.29, 0.717) is 0 Å². The van der Waals surface area contributed by atoms with Gasteiger partial charge in [-0.15, -0.1) is 0 Å². The number of esters is 1. The molecule has 0 bridgehead atoms. The summed E-state index contributed by atoms with van der Waals surface area (Å²) >= 11 is 0. The van der Waals surface area contributed by atoms with E-state index in [9.17, 15) is 24.5 Å². The molecule has 1 fully saturated rings. The number of amides is 1. The molecule has 1 N–H and O–H groups in total. The number of ether oxygens (including phenoxy) is 1. The van der Waals surface area contributed by atoms with Gasteiger partial charge in [-0.1, -0.05) is 39.0 Å². The number of hydrogen-bond donors (Lipinski definition) is 1. The average molecular weight is 404 g/mol. The van der Waals surface area contributed by atoms with Gasteiger partial charge in [0, 0.05) is 28.9 Å². The molecule has 29 heavy (non-hydrogen) atoms. The van der Waals surface area contributed by atoms with Crippen molar-refractivity contribution in [1.82, 2.24) is 0 Å². The largest absolute Gasteiger partial charge is 0.456 e. The van der Waals surface area contributed by atoms with Crippen LogP contribution in [0.25, 0.3) is 0 Å². The summed E-state index contributed by atoms with van der Waals surface area (Å²) in [5.41, 5.74) is 2.73. The lowest BCUT2D eigenvalue weighted by molar-refractivity contribution is -0.490. The molecule has 8 nitrogen and oxygen atoms in total. The van der Waals surface area contributed by atoms with Crippen molar-refractivity contribution in [3.05, 3.63) is 39.4 Å². The van der Waals surface area contributed by atoms with E-state index in [0.717, 1.165) is 29.7 Å². The first-order valence-electron chi connectivity index (χ1n) is 9.97. The van der Waals surface area contributed by atoms with Crippen molar-refractivity contribution in [2.75, 3.05) is 18.5 Å². The fourth-order valence-corrected chi connectivity index (χ4v) is 3.96. The number of aryl methyl sites for hydroxylation is 2. The maximum Gasteiger partial charge on any atom is 0.307 e. The zero-order valence-corrected chi connectivity index (χ0v) is 17.1. The maximum atomic E-state index is 12.3. The third-order valence-electron chi connectivity index (χ3n) is 5.56. The smallest absolute Gasteiger partial charge is 0.307 e. The molecule has 1 aliphatic carbocycles. The number of Topliss-reactive ketones (excluding diaryl/α,β-unsaturated/α-hetero) is 1. The summed E-state index contributed by atoms with van der Waals surface area (Å²) in [6.45, 7) is 4.95.